The maximum atomic E-state index is 12.7. The smallest absolute Gasteiger partial charge is 0.189 e. The SMILES string of the molecule is COc1ccccc1N1CCN(Cc2cc(/C=C3/Cc4ccccc4C3=O)ccc2O)CC1. The Kier molecular flexibility index (Phi) is 5.88. The molecule has 0 aromatic heterocycles. The Morgan fingerprint density at radius 2 is 1.73 bits per heavy atom. The third-order valence-electron chi connectivity index (χ3n) is 6.57. The van der Waals surface area contributed by atoms with Gasteiger partial charge in [0.1, 0.15) is 11.5 Å². The number of benzene rings is 3. The van der Waals surface area contributed by atoms with Gasteiger partial charge in [-0.15, -0.1) is 0 Å². The van der Waals surface area contributed by atoms with Crippen LogP contribution in [-0.2, 0) is 13.0 Å². The normalized spacial score (nSPS) is 17.4. The molecule has 1 aliphatic heterocycles. The fourth-order valence-corrected chi connectivity index (χ4v) is 4.77. The molecule has 5 nitrogen and oxygen atoms in total. The Morgan fingerprint density at radius 3 is 2.52 bits per heavy atom. The molecular formula is C28H28N2O3. The Balaban J connectivity index is 1.27. The molecule has 1 heterocycles. The second-order valence-electron chi connectivity index (χ2n) is 8.66. The summed E-state index contributed by atoms with van der Waals surface area (Å²) in [6, 6.07) is 21.5. The number of nitrogens with zero attached hydrogens (tertiary/aromatic N) is 2. The van der Waals surface area contributed by atoms with E-state index >= 15 is 0 Å². The molecule has 3 aromatic rings. The van der Waals surface area contributed by atoms with Gasteiger partial charge in [-0.2, -0.15) is 0 Å². The van der Waals surface area contributed by atoms with Crippen LogP contribution in [0.15, 0.2) is 72.3 Å². The van der Waals surface area contributed by atoms with Crippen molar-refractivity contribution in [3.63, 3.8) is 0 Å². The lowest BCUT2D eigenvalue weighted by atomic mass is 10.0. The third kappa shape index (κ3) is 4.37. The summed E-state index contributed by atoms with van der Waals surface area (Å²) < 4.78 is 5.51. The van der Waals surface area contributed by atoms with Gasteiger partial charge in [-0.25, -0.2) is 0 Å². The van der Waals surface area contributed by atoms with Crippen molar-refractivity contribution in [3.8, 4) is 11.5 Å². The van der Waals surface area contributed by atoms with Crippen LogP contribution in [0.5, 0.6) is 11.5 Å². The molecule has 1 saturated heterocycles. The maximum Gasteiger partial charge on any atom is 0.189 e. The molecule has 1 fully saturated rings. The fourth-order valence-electron chi connectivity index (χ4n) is 4.77. The van der Waals surface area contributed by atoms with Crippen molar-refractivity contribution in [2.75, 3.05) is 38.2 Å². The van der Waals surface area contributed by atoms with Gasteiger partial charge >= 0.3 is 0 Å². The van der Waals surface area contributed by atoms with E-state index in [1.54, 1.807) is 13.2 Å². The first-order valence-corrected chi connectivity index (χ1v) is 11.4. The van der Waals surface area contributed by atoms with E-state index in [2.05, 4.69) is 15.9 Å². The zero-order chi connectivity index (χ0) is 22.8. The predicted molar refractivity (Wildman–Crippen MR) is 131 cm³/mol. The van der Waals surface area contributed by atoms with Gasteiger partial charge in [0, 0.05) is 55.8 Å². The lowest BCUT2D eigenvalue weighted by Crippen LogP contribution is -2.46. The number of rotatable bonds is 5. The highest BCUT2D eigenvalue weighted by atomic mass is 16.5. The van der Waals surface area contributed by atoms with Gasteiger partial charge in [0.25, 0.3) is 0 Å². The van der Waals surface area contributed by atoms with Gasteiger partial charge in [-0.1, -0.05) is 42.5 Å². The molecule has 1 N–H and O–H groups in total. The van der Waals surface area contributed by atoms with Gasteiger partial charge in [-0.3, -0.25) is 9.69 Å². The lowest BCUT2D eigenvalue weighted by Gasteiger charge is -2.36. The number of hydrogen-bond donors (Lipinski definition) is 1. The summed E-state index contributed by atoms with van der Waals surface area (Å²) in [5, 5.41) is 10.5. The average Bonchev–Trinajstić information content (AvgIpc) is 3.17. The number of aromatic hydroxyl groups is 1. The maximum absolute atomic E-state index is 12.7. The molecule has 0 radical (unpaired) electrons. The summed E-state index contributed by atoms with van der Waals surface area (Å²) in [6.07, 6.45) is 2.63. The number of piperazine rings is 1. The highest BCUT2D eigenvalue weighted by Gasteiger charge is 2.24. The summed E-state index contributed by atoms with van der Waals surface area (Å²) in [5.74, 6) is 1.30. The highest BCUT2D eigenvalue weighted by molar-refractivity contribution is 6.15. The van der Waals surface area contributed by atoms with Crippen LogP contribution in [0.3, 0.4) is 0 Å². The number of carbonyl (C=O) groups excluding carboxylic acids is 1. The molecule has 2 aliphatic rings. The Bertz CT molecular complexity index is 1210. The minimum atomic E-state index is 0.104. The minimum Gasteiger partial charge on any atom is -0.508 e. The van der Waals surface area contributed by atoms with Crippen molar-refractivity contribution in [1.29, 1.82) is 0 Å². The van der Waals surface area contributed by atoms with Crippen molar-refractivity contribution >= 4 is 17.5 Å². The Hall–Kier alpha value is -3.57. The number of hydrogen-bond acceptors (Lipinski definition) is 5. The molecule has 0 unspecified atom stereocenters. The van der Waals surface area contributed by atoms with Crippen LogP contribution in [0, 0.1) is 0 Å². The number of phenols is 1. The number of ether oxygens (including phenoxy) is 1. The van der Waals surface area contributed by atoms with Gasteiger partial charge in [0.05, 0.1) is 12.8 Å². The summed E-state index contributed by atoms with van der Waals surface area (Å²) in [6.45, 7) is 4.28. The number of phenolic OH excluding ortho intramolecular Hbond substituents is 1. The molecule has 0 spiro atoms. The van der Waals surface area contributed by atoms with Gasteiger partial charge in [0.15, 0.2) is 5.78 Å². The van der Waals surface area contributed by atoms with Crippen LogP contribution >= 0.6 is 0 Å². The monoisotopic (exact) mass is 440 g/mol. The van der Waals surface area contributed by atoms with Gasteiger partial charge < -0.3 is 14.7 Å². The lowest BCUT2D eigenvalue weighted by molar-refractivity contribution is 0.104. The van der Waals surface area contributed by atoms with E-state index in [0.717, 1.165) is 65.4 Å². The van der Waals surface area contributed by atoms with E-state index < -0.39 is 0 Å². The predicted octanol–water partition coefficient (Wildman–Crippen LogP) is 4.55. The zero-order valence-corrected chi connectivity index (χ0v) is 18.8. The van der Waals surface area contributed by atoms with E-state index in [9.17, 15) is 9.90 Å². The van der Waals surface area contributed by atoms with E-state index in [1.165, 1.54) is 0 Å². The average molecular weight is 441 g/mol. The Morgan fingerprint density at radius 1 is 0.970 bits per heavy atom. The number of allylic oxidation sites excluding steroid dienone is 1. The number of carbonyl (C=O) groups is 1. The molecule has 168 valence electrons. The van der Waals surface area contributed by atoms with Crippen molar-refractivity contribution in [2.45, 2.75) is 13.0 Å². The van der Waals surface area contributed by atoms with Crippen molar-refractivity contribution < 1.29 is 14.6 Å². The van der Waals surface area contributed by atoms with Crippen LogP contribution in [0.1, 0.15) is 27.0 Å². The first-order valence-electron chi connectivity index (χ1n) is 11.4. The van der Waals surface area contributed by atoms with Crippen molar-refractivity contribution in [3.05, 3.63) is 94.6 Å². The molecule has 0 atom stereocenters. The first kappa shape index (κ1) is 21.3. The number of fused-ring (bicyclic) bond motifs is 1. The topological polar surface area (TPSA) is 53.0 Å². The van der Waals surface area contributed by atoms with Crippen LogP contribution < -0.4 is 9.64 Å². The van der Waals surface area contributed by atoms with Crippen LogP contribution in [0.2, 0.25) is 0 Å². The molecule has 33 heavy (non-hydrogen) atoms. The van der Waals surface area contributed by atoms with Gasteiger partial charge in [0.2, 0.25) is 0 Å². The van der Waals surface area contributed by atoms with Crippen LogP contribution in [-0.4, -0.2) is 49.1 Å². The summed E-state index contributed by atoms with van der Waals surface area (Å²) in [7, 11) is 1.71. The number of para-hydroxylation sites is 2. The highest BCUT2D eigenvalue weighted by Crippen LogP contribution is 2.30. The number of Topliss-reactive ketones (excluding diaryl/α,β-unsaturated/α-hetero) is 1. The number of methoxy groups -OCH3 is 1. The van der Waals surface area contributed by atoms with Crippen LogP contribution in [0.4, 0.5) is 5.69 Å². The van der Waals surface area contributed by atoms with E-state index in [0.29, 0.717) is 18.7 Å². The van der Waals surface area contributed by atoms with Gasteiger partial charge in [-0.05, 0) is 41.5 Å². The summed E-state index contributed by atoms with van der Waals surface area (Å²) in [4.78, 5) is 17.4. The standard InChI is InChI=1S/C28H28N2O3/c1-33-27-9-5-4-8-25(27)30-14-12-29(13-15-30)19-23-17-20(10-11-26(23)31)16-22-18-21-6-2-3-7-24(21)28(22)32/h2-11,16-17,31H,12-15,18-19H2,1H3/b22-16-. The van der Waals surface area contributed by atoms with E-state index in [4.69, 9.17) is 4.74 Å². The summed E-state index contributed by atoms with van der Waals surface area (Å²) in [5.41, 5.74) is 5.65. The molecular weight excluding hydrogens is 412 g/mol. The molecule has 1 aliphatic carbocycles. The molecule has 0 amide bonds. The minimum absolute atomic E-state index is 0.104. The number of ketones is 1. The van der Waals surface area contributed by atoms with Crippen molar-refractivity contribution in [1.82, 2.24) is 4.90 Å². The first-order chi connectivity index (χ1) is 16.1. The fraction of sp³-hybridized carbons (Fsp3) is 0.250. The van der Waals surface area contributed by atoms with E-state index in [1.807, 2.05) is 60.7 Å². The molecule has 0 bridgehead atoms. The largest absolute Gasteiger partial charge is 0.508 e. The van der Waals surface area contributed by atoms with Crippen LogP contribution in [0.25, 0.3) is 6.08 Å². The zero-order valence-electron chi connectivity index (χ0n) is 18.8. The van der Waals surface area contributed by atoms with E-state index in [-0.39, 0.29) is 5.78 Å². The molecule has 0 saturated carbocycles. The molecule has 5 heteroatoms. The quantitative estimate of drug-likeness (QED) is 0.590. The summed E-state index contributed by atoms with van der Waals surface area (Å²) >= 11 is 0. The number of anilines is 1. The molecule has 5 rings (SSSR count). The Labute approximate surface area is 194 Å². The second kappa shape index (κ2) is 9.12. The third-order valence-corrected chi connectivity index (χ3v) is 6.57. The van der Waals surface area contributed by atoms with Crippen molar-refractivity contribution in [2.24, 2.45) is 0 Å². The molecule has 3 aromatic carbocycles. The second-order valence-corrected chi connectivity index (χ2v) is 8.66.